The van der Waals surface area contributed by atoms with Gasteiger partial charge in [-0.1, -0.05) is 54.1 Å². The van der Waals surface area contributed by atoms with Crippen LogP contribution in [0.4, 0.5) is 17.1 Å². The van der Waals surface area contributed by atoms with Gasteiger partial charge in [-0.3, -0.25) is 0 Å². The van der Waals surface area contributed by atoms with Gasteiger partial charge in [0, 0.05) is 47.9 Å². The van der Waals surface area contributed by atoms with Crippen LogP contribution < -0.4 is 15.0 Å². The topological polar surface area (TPSA) is 84.7 Å². The van der Waals surface area contributed by atoms with E-state index >= 15 is 0 Å². The summed E-state index contributed by atoms with van der Waals surface area (Å²) in [7, 11) is -4.54. The number of nitrogens with zero attached hydrogens (tertiary/aromatic N) is 2. The van der Waals surface area contributed by atoms with Crippen LogP contribution in [0.15, 0.2) is 150 Å². The van der Waals surface area contributed by atoms with Gasteiger partial charge in [0.15, 0.2) is 12.3 Å². The van der Waals surface area contributed by atoms with E-state index < -0.39 is 10.1 Å². The highest BCUT2D eigenvalue weighted by Gasteiger charge is 2.21. The van der Waals surface area contributed by atoms with Gasteiger partial charge in [0.05, 0.1) is 11.5 Å². The number of ether oxygens (including phenoxy) is 1. The molecule has 1 N–H and O–H groups in total. The first-order valence-corrected chi connectivity index (χ1v) is 20.7. The van der Waals surface area contributed by atoms with Crippen molar-refractivity contribution in [1.82, 2.24) is 0 Å². The molecule has 0 spiro atoms. The third-order valence-corrected chi connectivity index (χ3v) is 10.9. The minimum atomic E-state index is -4.54. The van der Waals surface area contributed by atoms with Crippen LogP contribution in [0.25, 0.3) is 5.57 Å². The Morgan fingerprint density at radius 2 is 1.48 bits per heavy atom. The number of hydrogen-bond acceptors (Lipinski definition) is 6. The third-order valence-electron chi connectivity index (χ3n) is 10.1. The fourth-order valence-electron chi connectivity index (χ4n) is 7.22. The molecule has 0 unspecified atom stereocenters. The van der Waals surface area contributed by atoms with Crippen molar-refractivity contribution in [3.63, 3.8) is 0 Å². The average Bonchev–Trinajstić information content (AvgIpc) is 3.18. The molecule has 0 aliphatic heterocycles. The maximum atomic E-state index is 11.7. The van der Waals surface area contributed by atoms with Crippen molar-refractivity contribution >= 4 is 38.5 Å². The van der Waals surface area contributed by atoms with Gasteiger partial charge < -0.3 is 19.5 Å². The molecule has 0 aromatic heterocycles. The maximum absolute atomic E-state index is 11.7. The molecule has 0 fully saturated rings. The maximum Gasteiger partial charge on any atom is 0.200 e. The molecule has 0 atom stereocenters. The van der Waals surface area contributed by atoms with Crippen molar-refractivity contribution in [3.05, 3.63) is 178 Å². The molecule has 288 valence electrons. The molecule has 1 aliphatic carbocycles. The van der Waals surface area contributed by atoms with Crippen molar-refractivity contribution in [2.24, 2.45) is 0 Å². The van der Waals surface area contributed by atoms with Gasteiger partial charge >= 0.3 is 0 Å². The summed E-state index contributed by atoms with van der Waals surface area (Å²) in [5.41, 5.74) is 14.3. The zero-order chi connectivity index (χ0) is 39.8. The molecule has 0 bridgehead atoms. The van der Waals surface area contributed by atoms with Crippen molar-refractivity contribution in [1.29, 1.82) is 0 Å². The lowest BCUT2D eigenvalue weighted by molar-refractivity contribution is -0.539. The lowest BCUT2D eigenvalue weighted by Crippen LogP contribution is -2.22. The van der Waals surface area contributed by atoms with Crippen LogP contribution in [0.2, 0.25) is 0 Å². The van der Waals surface area contributed by atoms with Gasteiger partial charge in [-0.05, 0) is 153 Å². The van der Waals surface area contributed by atoms with Crippen LogP contribution in [-0.4, -0.2) is 43.0 Å². The van der Waals surface area contributed by atoms with E-state index in [1.165, 1.54) is 34.5 Å². The normalized spacial score (nSPS) is 14.6. The van der Waals surface area contributed by atoms with E-state index in [4.69, 9.17) is 4.74 Å². The predicted octanol–water partition coefficient (Wildman–Crippen LogP) is 10.4. The Hall–Kier alpha value is -5.70. The van der Waals surface area contributed by atoms with Crippen LogP contribution in [0.3, 0.4) is 0 Å². The largest absolute Gasteiger partial charge is 0.744 e. The molecule has 5 aromatic rings. The number of benzene rings is 5. The van der Waals surface area contributed by atoms with Crippen molar-refractivity contribution < 1.29 is 22.3 Å². The molecule has 1 aliphatic rings. The Balaban J connectivity index is 1.37. The van der Waals surface area contributed by atoms with Crippen molar-refractivity contribution in [2.45, 2.75) is 59.5 Å². The Labute approximate surface area is 332 Å². The Kier molecular flexibility index (Phi) is 12.7. The van der Waals surface area contributed by atoms with Gasteiger partial charge in [0.1, 0.15) is 22.4 Å². The highest BCUT2D eigenvalue weighted by molar-refractivity contribution is 7.85. The highest BCUT2D eigenvalue weighted by atomic mass is 32.2. The van der Waals surface area contributed by atoms with Crippen LogP contribution in [-0.2, 0) is 23.2 Å². The molecule has 6 rings (SSSR count). The Morgan fingerprint density at radius 1 is 0.786 bits per heavy atom. The molecule has 7 nitrogen and oxygen atoms in total. The second kappa shape index (κ2) is 17.8. The van der Waals surface area contributed by atoms with E-state index in [1.807, 2.05) is 37.3 Å². The summed E-state index contributed by atoms with van der Waals surface area (Å²) in [5.74, 6) is 0.846. The third kappa shape index (κ3) is 9.75. The summed E-state index contributed by atoms with van der Waals surface area (Å²) in [6, 6.07) is 38.1. The summed E-state index contributed by atoms with van der Waals surface area (Å²) in [6.45, 7) is 16.2. The van der Waals surface area contributed by atoms with E-state index in [1.54, 1.807) is 6.07 Å². The van der Waals surface area contributed by atoms with Crippen LogP contribution in [0.1, 0.15) is 61.1 Å². The quantitative estimate of drug-likeness (QED) is 0.0895. The molecule has 8 heteroatoms. The number of aryl methyl sites for hydroxylation is 2. The van der Waals surface area contributed by atoms with Gasteiger partial charge in [-0.25, -0.2) is 13.0 Å². The second-order valence-corrected chi connectivity index (χ2v) is 15.5. The zero-order valence-electron chi connectivity index (χ0n) is 33.2. The molecule has 0 amide bonds. The van der Waals surface area contributed by atoms with Crippen LogP contribution in [0, 0.1) is 13.8 Å². The van der Waals surface area contributed by atoms with E-state index in [-0.39, 0.29) is 4.90 Å². The lowest BCUT2D eigenvalue weighted by Gasteiger charge is -2.26. The predicted molar refractivity (Wildman–Crippen MR) is 229 cm³/mol. The van der Waals surface area contributed by atoms with Gasteiger partial charge in [-0.15, -0.1) is 0 Å². The Bertz CT molecular complexity index is 2430. The molecule has 0 heterocycles. The SMILES string of the molecule is CCOc1ccc(Nc2ccc(C(=C3C=CC(=[N+](CC)Cc4cccc(C)c4)C=C3C)c3ccc(N(CC)Cc4cccc(S(=O)(=O)[O-])c4)cc3C)cc2)cc1. The van der Waals surface area contributed by atoms with Crippen molar-refractivity contribution in [3.8, 4) is 5.75 Å². The summed E-state index contributed by atoms with van der Waals surface area (Å²) >= 11 is 0. The number of hydrogen-bond donors (Lipinski definition) is 1. The van der Waals surface area contributed by atoms with Gasteiger partial charge in [-0.2, -0.15) is 0 Å². The minimum absolute atomic E-state index is 0.212. The van der Waals surface area contributed by atoms with E-state index in [0.29, 0.717) is 19.7 Å². The summed E-state index contributed by atoms with van der Waals surface area (Å²) in [6.07, 6.45) is 6.80. The standard InChI is InChI=1S/C48H51N3O4S/c1-7-50(32-37-13-10-12-34(4)28-37)42-22-26-46(35(5)29-42)48(39-16-18-40(19-17-39)49-41-20-24-44(25-21-41)55-9-3)47-27-23-43(30-36(47)6)51(8-2)33-38-14-11-15-45(31-38)56(52,53)54/h10-31H,7-9,32-33H2,1-6H3,(H,52,53,54). The highest BCUT2D eigenvalue weighted by Crippen LogP contribution is 2.37. The fraction of sp³-hybridized carbons (Fsp3) is 0.229. The minimum Gasteiger partial charge on any atom is -0.744 e. The van der Waals surface area contributed by atoms with Gasteiger partial charge in [0.2, 0.25) is 0 Å². The first-order valence-electron chi connectivity index (χ1n) is 19.2. The number of anilines is 3. The molecular formula is C48H51N3O4S. The fourth-order valence-corrected chi connectivity index (χ4v) is 7.76. The lowest BCUT2D eigenvalue weighted by atomic mass is 9.85. The average molecular weight is 766 g/mol. The summed E-state index contributed by atoms with van der Waals surface area (Å²) in [5, 5.41) is 3.52. The second-order valence-electron chi connectivity index (χ2n) is 14.2. The number of rotatable bonds is 14. The molecule has 0 saturated carbocycles. The van der Waals surface area contributed by atoms with Crippen molar-refractivity contribution in [2.75, 3.05) is 29.9 Å². The first kappa shape index (κ1) is 40.0. The molecule has 0 saturated heterocycles. The zero-order valence-corrected chi connectivity index (χ0v) is 34.0. The number of allylic oxidation sites excluding steroid dienone is 5. The summed E-state index contributed by atoms with van der Waals surface area (Å²) < 4.78 is 43.2. The first-order chi connectivity index (χ1) is 26.9. The molecule has 56 heavy (non-hydrogen) atoms. The monoisotopic (exact) mass is 765 g/mol. The van der Waals surface area contributed by atoms with E-state index in [2.05, 4.69) is 134 Å². The van der Waals surface area contributed by atoms with E-state index in [0.717, 1.165) is 69.3 Å². The molecule has 5 aromatic carbocycles. The Morgan fingerprint density at radius 3 is 2.11 bits per heavy atom. The van der Waals surface area contributed by atoms with Crippen LogP contribution >= 0.6 is 0 Å². The molecule has 0 radical (unpaired) electrons. The molecular weight excluding hydrogens is 715 g/mol. The van der Waals surface area contributed by atoms with Gasteiger partial charge in [0.25, 0.3) is 0 Å². The summed E-state index contributed by atoms with van der Waals surface area (Å²) in [4.78, 5) is 1.97. The van der Waals surface area contributed by atoms with E-state index in [9.17, 15) is 13.0 Å². The smallest absolute Gasteiger partial charge is 0.200 e. The van der Waals surface area contributed by atoms with Crippen LogP contribution in [0.5, 0.6) is 5.75 Å². The number of nitrogens with one attached hydrogen (secondary N) is 1.